The number of aliphatic hydroxyl groups excluding tert-OH is 3. The molecule has 3 N–H and O–H groups in total. The van der Waals surface area contributed by atoms with Crippen molar-refractivity contribution in [2.45, 2.75) is 98.6 Å². The van der Waals surface area contributed by atoms with Gasteiger partial charge in [0.05, 0.1) is 36.3 Å². The number of rotatable bonds is 3. The number of carbonyl (C=O) groups excluding carboxylic acids is 2. The van der Waals surface area contributed by atoms with Crippen molar-refractivity contribution >= 4 is 29.2 Å². The van der Waals surface area contributed by atoms with Gasteiger partial charge in [-0.3, -0.25) is 9.59 Å². The Bertz CT molecular complexity index is 934. The summed E-state index contributed by atoms with van der Waals surface area (Å²) in [6.45, 7) is 10.6. The topological polar surface area (TPSA) is 117 Å². The number of aliphatic hydroxyl groups is 3. The van der Waals surface area contributed by atoms with Gasteiger partial charge in [0, 0.05) is 17.7 Å². The van der Waals surface area contributed by atoms with Crippen LogP contribution in [0.5, 0.6) is 0 Å². The lowest BCUT2D eigenvalue weighted by molar-refractivity contribution is -0.154. The average Bonchev–Trinajstić information content (AvgIpc) is 3.26. The Morgan fingerprint density at radius 1 is 1.26 bits per heavy atom. The van der Waals surface area contributed by atoms with E-state index in [1.165, 1.54) is 11.3 Å². The predicted octanol–water partition coefficient (Wildman–Crippen LogP) is 4.45. The first-order valence-electron chi connectivity index (χ1n) is 12.4. The van der Waals surface area contributed by atoms with Crippen LogP contribution in [0, 0.1) is 17.3 Å². The SMILES string of the molecule is C/C1=C/CCC[C@H](C)C(O)[C@@H](C)C(=O)C(C)(C)[C@@H](O)CC(=O)O[C@H](/C(C)=C/c2csc(CO)n2)C1. The highest BCUT2D eigenvalue weighted by atomic mass is 32.1. The summed E-state index contributed by atoms with van der Waals surface area (Å²) in [5, 5.41) is 33.3. The molecule has 8 heteroatoms. The van der Waals surface area contributed by atoms with E-state index in [2.05, 4.69) is 11.1 Å². The van der Waals surface area contributed by atoms with Gasteiger partial charge in [-0.15, -0.1) is 11.3 Å². The van der Waals surface area contributed by atoms with Gasteiger partial charge >= 0.3 is 5.97 Å². The lowest BCUT2D eigenvalue weighted by Crippen LogP contribution is -2.45. The Labute approximate surface area is 212 Å². The summed E-state index contributed by atoms with van der Waals surface area (Å²) in [7, 11) is 0. The van der Waals surface area contributed by atoms with E-state index in [0.717, 1.165) is 30.4 Å². The van der Waals surface area contributed by atoms with Gasteiger partial charge in [-0.05, 0) is 50.7 Å². The average molecular weight is 508 g/mol. The highest BCUT2D eigenvalue weighted by Crippen LogP contribution is 2.32. The molecule has 0 amide bonds. The zero-order chi connectivity index (χ0) is 26.3. The van der Waals surface area contributed by atoms with Crippen molar-refractivity contribution in [2.24, 2.45) is 17.3 Å². The summed E-state index contributed by atoms with van der Waals surface area (Å²) < 4.78 is 5.81. The number of thiazole rings is 1. The third-order valence-electron chi connectivity index (χ3n) is 7.06. The monoisotopic (exact) mass is 507 g/mol. The lowest BCUT2D eigenvalue weighted by Gasteiger charge is -2.34. The predicted molar refractivity (Wildman–Crippen MR) is 138 cm³/mol. The van der Waals surface area contributed by atoms with Crippen LogP contribution in [0.25, 0.3) is 6.08 Å². The van der Waals surface area contributed by atoms with E-state index in [1.807, 2.05) is 32.2 Å². The Morgan fingerprint density at radius 3 is 2.57 bits per heavy atom. The van der Waals surface area contributed by atoms with Crippen LogP contribution in [0.4, 0.5) is 0 Å². The maximum atomic E-state index is 13.2. The van der Waals surface area contributed by atoms with Gasteiger partial charge < -0.3 is 20.1 Å². The first kappa shape index (κ1) is 29.4. The van der Waals surface area contributed by atoms with E-state index in [4.69, 9.17) is 4.74 Å². The Balaban J connectivity index is 2.33. The maximum Gasteiger partial charge on any atom is 0.309 e. The van der Waals surface area contributed by atoms with Crippen molar-refractivity contribution < 1.29 is 29.6 Å². The number of cyclic esters (lactones) is 1. The molecule has 0 aromatic carbocycles. The maximum absolute atomic E-state index is 13.2. The molecular formula is C27H41NO6S. The van der Waals surface area contributed by atoms with Crippen LogP contribution in [0.3, 0.4) is 0 Å². The van der Waals surface area contributed by atoms with Gasteiger partial charge in [-0.1, -0.05) is 39.3 Å². The molecule has 2 heterocycles. The third kappa shape index (κ3) is 8.07. The highest BCUT2D eigenvalue weighted by Gasteiger charge is 2.42. The Morgan fingerprint density at radius 2 is 1.94 bits per heavy atom. The minimum Gasteiger partial charge on any atom is -0.457 e. The number of ether oxygens (including phenoxy) is 1. The lowest BCUT2D eigenvalue weighted by atomic mass is 9.73. The summed E-state index contributed by atoms with van der Waals surface area (Å²) >= 11 is 1.36. The highest BCUT2D eigenvalue weighted by molar-refractivity contribution is 7.09. The summed E-state index contributed by atoms with van der Waals surface area (Å²) in [6.07, 6.45) is 4.01. The second-order valence-corrected chi connectivity index (χ2v) is 11.4. The zero-order valence-corrected chi connectivity index (χ0v) is 22.6. The first-order chi connectivity index (χ1) is 16.4. The molecule has 0 saturated heterocycles. The molecule has 35 heavy (non-hydrogen) atoms. The first-order valence-corrected chi connectivity index (χ1v) is 13.2. The third-order valence-corrected chi connectivity index (χ3v) is 7.91. The molecule has 0 radical (unpaired) electrons. The fraction of sp³-hybridized carbons (Fsp3) is 0.667. The quantitative estimate of drug-likeness (QED) is 0.409. The van der Waals surface area contributed by atoms with Crippen LogP contribution in [0.2, 0.25) is 0 Å². The van der Waals surface area contributed by atoms with Crippen molar-refractivity contribution in [2.75, 3.05) is 0 Å². The fourth-order valence-electron chi connectivity index (χ4n) is 4.44. The van der Waals surface area contributed by atoms with Crippen LogP contribution in [-0.2, 0) is 20.9 Å². The molecule has 1 unspecified atom stereocenters. The zero-order valence-electron chi connectivity index (χ0n) is 21.8. The van der Waals surface area contributed by atoms with Gasteiger partial charge in [0.2, 0.25) is 0 Å². The number of aromatic nitrogens is 1. The molecule has 0 bridgehead atoms. The fourth-order valence-corrected chi connectivity index (χ4v) is 5.05. The second-order valence-electron chi connectivity index (χ2n) is 10.4. The molecule has 196 valence electrons. The summed E-state index contributed by atoms with van der Waals surface area (Å²) in [5.41, 5.74) is 1.36. The molecule has 1 aliphatic rings. The number of esters is 1. The van der Waals surface area contributed by atoms with Gasteiger partial charge in [-0.25, -0.2) is 4.98 Å². The largest absolute Gasteiger partial charge is 0.457 e. The molecule has 0 aliphatic carbocycles. The van der Waals surface area contributed by atoms with E-state index in [1.54, 1.807) is 20.8 Å². The second kappa shape index (κ2) is 12.9. The Kier molecular flexibility index (Phi) is 10.8. The van der Waals surface area contributed by atoms with E-state index in [-0.39, 0.29) is 24.7 Å². The molecule has 0 fully saturated rings. The number of hydrogen-bond acceptors (Lipinski definition) is 8. The standard InChI is InChI=1S/C27H41NO6S/c1-16-9-7-8-10-17(2)25(32)19(4)26(33)27(5,6)22(30)13-24(31)34-21(11-16)18(3)12-20-15-35-23(14-29)28-20/h9,12,15,17,19,21-22,25,29-30,32H,7-8,10-11,13-14H2,1-6H3/b16-9-,18-12+/t17-,19+,21-,22-,25?/m0/s1. The van der Waals surface area contributed by atoms with Crippen LogP contribution in [0.15, 0.2) is 22.6 Å². The summed E-state index contributed by atoms with van der Waals surface area (Å²) in [4.78, 5) is 30.4. The van der Waals surface area contributed by atoms with Crippen LogP contribution >= 0.6 is 11.3 Å². The van der Waals surface area contributed by atoms with Crippen molar-refractivity contribution in [3.8, 4) is 0 Å². The molecule has 0 spiro atoms. The van der Waals surface area contributed by atoms with Crippen molar-refractivity contribution in [1.29, 1.82) is 0 Å². The minimum atomic E-state index is -1.24. The van der Waals surface area contributed by atoms with Crippen LogP contribution in [-0.4, -0.2) is 50.4 Å². The van der Waals surface area contributed by atoms with Crippen molar-refractivity contribution in [1.82, 2.24) is 4.98 Å². The van der Waals surface area contributed by atoms with Crippen molar-refractivity contribution in [3.63, 3.8) is 0 Å². The van der Waals surface area contributed by atoms with Gasteiger partial charge in [0.1, 0.15) is 16.9 Å². The van der Waals surface area contributed by atoms with Gasteiger partial charge in [-0.2, -0.15) is 0 Å². The molecule has 0 saturated carbocycles. The molecule has 5 atom stereocenters. The number of carbonyl (C=O) groups is 2. The van der Waals surface area contributed by atoms with E-state index in [9.17, 15) is 24.9 Å². The summed E-state index contributed by atoms with van der Waals surface area (Å²) in [5.74, 6) is -1.58. The number of allylic oxidation sites excluding steroid dienone is 1. The number of nitrogens with zero attached hydrogens (tertiary/aromatic N) is 1. The van der Waals surface area contributed by atoms with Crippen molar-refractivity contribution in [3.05, 3.63) is 33.3 Å². The summed E-state index contributed by atoms with van der Waals surface area (Å²) in [6, 6.07) is 0. The Hall–Kier alpha value is -1.87. The normalized spacial score (nSPS) is 31.5. The van der Waals surface area contributed by atoms with E-state index >= 15 is 0 Å². The number of hydrogen-bond donors (Lipinski definition) is 3. The molecule has 7 nitrogen and oxygen atoms in total. The molecular weight excluding hydrogens is 466 g/mol. The minimum absolute atomic E-state index is 0.0617. The number of Topliss-reactive ketones (excluding diaryl/α,β-unsaturated/α-hetero) is 1. The molecule has 2 rings (SSSR count). The molecule has 1 aromatic heterocycles. The van der Waals surface area contributed by atoms with E-state index in [0.29, 0.717) is 17.1 Å². The van der Waals surface area contributed by atoms with Crippen LogP contribution < -0.4 is 0 Å². The molecule has 1 aliphatic heterocycles. The van der Waals surface area contributed by atoms with Gasteiger partial charge in [0.25, 0.3) is 0 Å². The van der Waals surface area contributed by atoms with E-state index < -0.39 is 35.6 Å². The molecule has 1 aromatic rings. The number of ketones is 1. The van der Waals surface area contributed by atoms with Crippen LogP contribution in [0.1, 0.15) is 84.3 Å². The van der Waals surface area contributed by atoms with Gasteiger partial charge in [0.15, 0.2) is 0 Å². The smallest absolute Gasteiger partial charge is 0.309 e.